The zero-order valence-electron chi connectivity index (χ0n) is 16.8. The van der Waals surface area contributed by atoms with Crippen molar-refractivity contribution < 1.29 is 23.5 Å². The topological polar surface area (TPSA) is 64.6 Å². The van der Waals surface area contributed by atoms with Gasteiger partial charge in [-0.1, -0.05) is 48.0 Å². The van der Waals surface area contributed by atoms with Crippen LogP contribution in [-0.2, 0) is 27.4 Å². The molecule has 0 heterocycles. The van der Waals surface area contributed by atoms with Crippen LogP contribution in [0.5, 0.6) is 5.75 Å². The zero-order chi connectivity index (χ0) is 22.2. The van der Waals surface area contributed by atoms with Crippen LogP contribution in [0.1, 0.15) is 18.1 Å². The molecule has 1 atom stereocenters. The first-order valence-corrected chi connectivity index (χ1v) is 10.00. The van der Waals surface area contributed by atoms with Crippen LogP contribution in [0.15, 0.2) is 72.8 Å². The standard InChI is InChI=1S/C24H21ClFNO4/c1-16(31-23(28)14-20-21(25)8-5-9-22(20)26)24(29)27-18-10-12-19(13-11-18)30-15-17-6-3-2-4-7-17/h2-13,16H,14-15H2,1H3,(H,27,29). The second-order valence-corrected chi connectivity index (χ2v) is 7.20. The molecule has 0 bridgehead atoms. The molecule has 0 aromatic heterocycles. The SMILES string of the molecule is CC(OC(=O)Cc1c(F)cccc1Cl)C(=O)Nc1ccc(OCc2ccccc2)cc1. The second-order valence-electron chi connectivity index (χ2n) is 6.80. The predicted molar refractivity (Wildman–Crippen MR) is 117 cm³/mol. The minimum absolute atomic E-state index is 0.0351. The highest BCUT2D eigenvalue weighted by atomic mass is 35.5. The average molecular weight is 442 g/mol. The summed E-state index contributed by atoms with van der Waals surface area (Å²) in [6, 6.07) is 20.7. The molecule has 0 saturated carbocycles. The summed E-state index contributed by atoms with van der Waals surface area (Å²) in [4.78, 5) is 24.4. The van der Waals surface area contributed by atoms with E-state index in [4.69, 9.17) is 21.1 Å². The number of hydrogen-bond donors (Lipinski definition) is 1. The van der Waals surface area contributed by atoms with E-state index in [2.05, 4.69) is 5.32 Å². The van der Waals surface area contributed by atoms with Gasteiger partial charge in [0.15, 0.2) is 6.10 Å². The van der Waals surface area contributed by atoms with Gasteiger partial charge in [0, 0.05) is 16.3 Å². The van der Waals surface area contributed by atoms with Crippen LogP contribution >= 0.6 is 11.6 Å². The Morgan fingerprint density at radius 3 is 2.39 bits per heavy atom. The van der Waals surface area contributed by atoms with Gasteiger partial charge in [0.25, 0.3) is 5.91 Å². The Balaban J connectivity index is 1.49. The van der Waals surface area contributed by atoms with Crippen LogP contribution in [0.4, 0.5) is 10.1 Å². The molecule has 0 spiro atoms. The number of nitrogens with one attached hydrogen (secondary N) is 1. The van der Waals surface area contributed by atoms with Crippen molar-refractivity contribution in [3.05, 3.63) is 94.8 Å². The summed E-state index contributed by atoms with van der Waals surface area (Å²) < 4.78 is 24.6. The normalized spacial score (nSPS) is 11.5. The van der Waals surface area contributed by atoms with E-state index in [0.717, 1.165) is 5.56 Å². The van der Waals surface area contributed by atoms with Crippen LogP contribution in [-0.4, -0.2) is 18.0 Å². The van der Waals surface area contributed by atoms with Gasteiger partial charge in [0.1, 0.15) is 18.2 Å². The number of amides is 1. The highest BCUT2D eigenvalue weighted by Crippen LogP contribution is 2.20. The lowest BCUT2D eigenvalue weighted by atomic mass is 10.1. The molecule has 5 nitrogen and oxygen atoms in total. The van der Waals surface area contributed by atoms with Crippen LogP contribution in [0, 0.1) is 5.82 Å². The summed E-state index contributed by atoms with van der Waals surface area (Å²) >= 11 is 5.91. The van der Waals surface area contributed by atoms with E-state index < -0.39 is 23.8 Å². The first-order chi connectivity index (χ1) is 14.9. The first kappa shape index (κ1) is 22.3. The molecular formula is C24H21ClFNO4. The molecule has 3 rings (SSSR count). The number of benzene rings is 3. The maximum absolute atomic E-state index is 13.8. The Bertz CT molecular complexity index is 1020. The van der Waals surface area contributed by atoms with Gasteiger partial charge in [-0.3, -0.25) is 9.59 Å². The van der Waals surface area contributed by atoms with Crippen molar-refractivity contribution in [2.75, 3.05) is 5.32 Å². The molecule has 160 valence electrons. The zero-order valence-corrected chi connectivity index (χ0v) is 17.6. The minimum atomic E-state index is -1.06. The van der Waals surface area contributed by atoms with E-state index in [9.17, 15) is 14.0 Å². The summed E-state index contributed by atoms with van der Waals surface area (Å²) in [6.45, 7) is 1.87. The fourth-order valence-electron chi connectivity index (χ4n) is 2.76. The Labute approximate surface area is 184 Å². The van der Waals surface area contributed by atoms with Gasteiger partial charge in [-0.15, -0.1) is 0 Å². The average Bonchev–Trinajstić information content (AvgIpc) is 2.76. The van der Waals surface area contributed by atoms with Gasteiger partial charge in [0.05, 0.1) is 6.42 Å². The summed E-state index contributed by atoms with van der Waals surface area (Å²) in [7, 11) is 0. The van der Waals surface area contributed by atoms with Crippen molar-refractivity contribution in [2.45, 2.75) is 26.1 Å². The highest BCUT2D eigenvalue weighted by molar-refractivity contribution is 6.31. The molecular weight excluding hydrogens is 421 g/mol. The monoisotopic (exact) mass is 441 g/mol. The molecule has 0 saturated heterocycles. The van der Waals surface area contributed by atoms with Crippen LogP contribution in [0.2, 0.25) is 5.02 Å². The Morgan fingerprint density at radius 1 is 1.00 bits per heavy atom. The quantitative estimate of drug-likeness (QED) is 0.490. The lowest BCUT2D eigenvalue weighted by molar-refractivity contribution is -0.152. The van der Waals surface area contributed by atoms with Crippen LogP contribution in [0.25, 0.3) is 0 Å². The third-order valence-corrected chi connectivity index (χ3v) is 4.78. The fourth-order valence-corrected chi connectivity index (χ4v) is 2.99. The fraction of sp³-hybridized carbons (Fsp3) is 0.167. The van der Waals surface area contributed by atoms with E-state index >= 15 is 0 Å². The van der Waals surface area contributed by atoms with E-state index in [0.29, 0.717) is 18.0 Å². The van der Waals surface area contributed by atoms with Gasteiger partial charge in [-0.05, 0) is 48.9 Å². The summed E-state index contributed by atoms with van der Waals surface area (Å²) in [5.74, 6) is -1.20. The number of esters is 1. The minimum Gasteiger partial charge on any atom is -0.489 e. The molecule has 1 N–H and O–H groups in total. The van der Waals surface area contributed by atoms with E-state index in [-0.39, 0.29) is 17.0 Å². The van der Waals surface area contributed by atoms with Crippen molar-refractivity contribution in [1.29, 1.82) is 0 Å². The molecule has 0 aliphatic rings. The van der Waals surface area contributed by atoms with Gasteiger partial charge >= 0.3 is 5.97 Å². The number of carbonyl (C=O) groups excluding carboxylic acids is 2. The number of hydrogen-bond acceptors (Lipinski definition) is 4. The molecule has 0 aliphatic heterocycles. The van der Waals surface area contributed by atoms with Crippen LogP contribution < -0.4 is 10.1 Å². The largest absolute Gasteiger partial charge is 0.489 e. The third kappa shape index (κ3) is 6.55. The molecule has 31 heavy (non-hydrogen) atoms. The molecule has 1 unspecified atom stereocenters. The number of rotatable bonds is 8. The lowest BCUT2D eigenvalue weighted by Gasteiger charge is -2.14. The maximum atomic E-state index is 13.8. The molecule has 1 amide bonds. The summed E-state index contributed by atoms with van der Waals surface area (Å²) in [6.07, 6.45) is -1.43. The van der Waals surface area contributed by atoms with Crippen molar-refractivity contribution >= 4 is 29.2 Å². The van der Waals surface area contributed by atoms with Gasteiger partial charge < -0.3 is 14.8 Å². The first-order valence-electron chi connectivity index (χ1n) is 9.62. The summed E-state index contributed by atoms with van der Waals surface area (Å²) in [5.41, 5.74) is 1.61. The molecule has 0 fully saturated rings. The molecule has 0 radical (unpaired) electrons. The summed E-state index contributed by atoms with van der Waals surface area (Å²) in [5, 5.41) is 2.79. The number of ether oxygens (including phenoxy) is 2. The second kappa shape index (κ2) is 10.6. The Hall–Kier alpha value is -3.38. The van der Waals surface area contributed by atoms with Crippen molar-refractivity contribution in [3.8, 4) is 5.75 Å². The third-order valence-electron chi connectivity index (χ3n) is 4.43. The Kier molecular flexibility index (Phi) is 7.62. The van der Waals surface area contributed by atoms with Crippen molar-refractivity contribution in [1.82, 2.24) is 0 Å². The van der Waals surface area contributed by atoms with Crippen molar-refractivity contribution in [2.24, 2.45) is 0 Å². The van der Waals surface area contributed by atoms with Crippen molar-refractivity contribution in [3.63, 3.8) is 0 Å². The van der Waals surface area contributed by atoms with Gasteiger partial charge in [-0.2, -0.15) is 0 Å². The van der Waals surface area contributed by atoms with E-state index in [1.165, 1.54) is 25.1 Å². The van der Waals surface area contributed by atoms with E-state index in [1.807, 2.05) is 30.3 Å². The van der Waals surface area contributed by atoms with Crippen LogP contribution in [0.3, 0.4) is 0 Å². The Morgan fingerprint density at radius 2 is 1.71 bits per heavy atom. The number of halogens is 2. The number of anilines is 1. The highest BCUT2D eigenvalue weighted by Gasteiger charge is 2.20. The molecule has 3 aromatic carbocycles. The smallest absolute Gasteiger partial charge is 0.311 e. The molecule has 0 aliphatic carbocycles. The predicted octanol–water partition coefficient (Wildman–Crippen LogP) is 5.17. The molecule has 7 heteroatoms. The van der Waals surface area contributed by atoms with Gasteiger partial charge in [0.2, 0.25) is 0 Å². The van der Waals surface area contributed by atoms with E-state index in [1.54, 1.807) is 24.3 Å². The lowest BCUT2D eigenvalue weighted by Crippen LogP contribution is -2.30. The molecule has 3 aromatic rings. The number of carbonyl (C=O) groups is 2. The van der Waals surface area contributed by atoms with Gasteiger partial charge in [-0.25, -0.2) is 4.39 Å². The maximum Gasteiger partial charge on any atom is 0.311 e.